The topological polar surface area (TPSA) is 68.2 Å². The zero-order valence-electron chi connectivity index (χ0n) is 21.4. The highest BCUT2D eigenvalue weighted by molar-refractivity contribution is 6.69. The Labute approximate surface area is 242 Å². The lowest BCUT2D eigenvalue weighted by Crippen LogP contribution is -2.63. The van der Waals surface area contributed by atoms with Crippen LogP contribution in [0.1, 0.15) is 28.3 Å². The molecular weight excluding hydrogens is 547 g/mol. The number of carbonyl (C=O) groups excluding carboxylic acids is 2. The molecule has 8 heteroatoms. The quantitative estimate of drug-likeness (QED) is 0.0713. The molecule has 1 unspecified atom stereocenters. The molecule has 4 aromatic carbocycles. The monoisotopic (exact) mass is 572 g/mol. The van der Waals surface area contributed by atoms with Crippen LogP contribution in [-0.4, -0.2) is 33.5 Å². The van der Waals surface area contributed by atoms with Crippen molar-refractivity contribution < 1.29 is 19.1 Å². The van der Waals surface area contributed by atoms with Gasteiger partial charge in [-0.05, 0) is 28.8 Å². The number of halogens is 2. The average Bonchev–Trinajstić information content (AvgIpc) is 3.01. The van der Waals surface area contributed by atoms with E-state index in [0.717, 1.165) is 11.1 Å². The summed E-state index contributed by atoms with van der Waals surface area (Å²) < 4.78 is 11.5. The third-order valence-corrected chi connectivity index (χ3v) is 7.23. The van der Waals surface area contributed by atoms with Crippen LogP contribution in [0.25, 0.3) is 0 Å². The molecule has 0 saturated carbocycles. The number of aliphatic imine (C=N–C) groups is 1. The van der Waals surface area contributed by atoms with Crippen LogP contribution >= 0.6 is 23.2 Å². The molecule has 1 saturated heterocycles. The highest BCUT2D eigenvalue weighted by atomic mass is 35.5. The fraction of sp³-hybridized carbons (Fsp3) is 0.156. The first-order valence-corrected chi connectivity index (χ1v) is 13.5. The van der Waals surface area contributed by atoms with Gasteiger partial charge in [0.15, 0.2) is 12.1 Å². The molecule has 5 rings (SSSR count). The van der Waals surface area contributed by atoms with E-state index in [2.05, 4.69) is 4.99 Å². The van der Waals surface area contributed by atoms with Gasteiger partial charge in [-0.25, -0.2) is 4.79 Å². The summed E-state index contributed by atoms with van der Waals surface area (Å²) in [5, 5.41) is 0.173. The van der Waals surface area contributed by atoms with Crippen molar-refractivity contribution in [1.82, 2.24) is 4.90 Å². The van der Waals surface area contributed by atoms with Crippen LogP contribution < -0.4 is 4.74 Å². The van der Waals surface area contributed by atoms with Crippen molar-refractivity contribution in [2.75, 3.05) is 0 Å². The number of hydrogen-bond acceptors (Lipinski definition) is 5. The second-order valence-corrected chi connectivity index (χ2v) is 9.99. The predicted molar refractivity (Wildman–Crippen MR) is 155 cm³/mol. The minimum absolute atomic E-state index is 0.0604. The lowest BCUT2D eigenvalue weighted by atomic mass is 9.98. The largest absolute Gasteiger partial charge is 0.489 e. The molecule has 1 fully saturated rings. The number of hydrogen-bond donors (Lipinski definition) is 0. The van der Waals surface area contributed by atoms with Crippen molar-refractivity contribution >= 4 is 40.2 Å². The maximum absolute atomic E-state index is 13.4. The molecule has 0 N–H and O–H groups in total. The minimum Gasteiger partial charge on any atom is -0.489 e. The summed E-state index contributed by atoms with van der Waals surface area (Å²) in [5.74, 6) is -0.393. The van der Waals surface area contributed by atoms with Crippen molar-refractivity contribution in [2.24, 2.45) is 4.99 Å². The SMILES string of the molecule is O=C(OCc1ccccc1)C(c1ccc(OCc2ccccc2)cc1)N1C(=O)[C@@H](/N=C(\Cl)c2ccccc2)[C@@H]1Cl. The van der Waals surface area contributed by atoms with Gasteiger partial charge in [-0.3, -0.25) is 9.79 Å². The molecule has 202 valence electrons. The Morgan fingerprint density at radius 1 is 0.800 bits per heavy atom. The zero-order valence-corrected chi connectivity index (χ0v) is 22.9. The van der Waals surface area contributed by atoms with Gasteiger partial charge in [0.1, 0.15) is 29.6 Å². The highest BCUT2D eigenvalue weighted by Gasteiger charge is 2.52. The second kappa shape index (κ2) is 12.8. The number of ether oxygens (including phenoxy) is 2. The third kappa shape index (κ3) is 6.36. The van der Waals surface area contributed by atoms with Gasteiger partial charge in [-0.15, -0.1) is 0 Å². The first-order valence-electron chi connectivity index (χ1n) is 12.7. The number of nitrogens with zero attached hydrogens (tertiary/aromatic N) is 2. The van der Waals surface area contributed by atoms with Crippen molar-refractivity contribution in [3.05, 3.63) is 138 Å². The van der Waals surface area contributed by atoms with E-state index in [1.165, 1.54) is 4.90 Å². The molecule has 0 spiro atoms. The van der Waals surface area contributed by atoms with Gasteiger partial charge in [0.05, 0.1) is 0 Å². The molecule has 40 heavy (non-hydrogen) atoms. The number of rotatable bonds is 10. The van der Waals surface area contributed by atoms with Crippen LogP contribution in [0.5, 0.6) is 5.75 Å². The fourth-order valence-corrected chi connectivity index (χ4v) is 4.93. The van der Waals surface area contributed by atoms with Crippen molar-refractivity contribution in [1.29, 1.82) is 0 Å². The Bertz CT molecular complexity index is 1470. The number of β-lactam (4-membered cyclic amide) rings is 1. The van der Waals surface area contributed by atoms with Crippen LogP contribution in [0.3, 0.4) is 0 Å². The lowest BCUT2D eigenvalue weighted by Gasteiger charge is -2.45. The van der Waals surface area contributed by atoms with Crippen LogP contribution in [0.4, 0.5) is 0 Å². The van der Waals surface area contributed by atoms with Crippen LogP contribution in [0, 0.1) is 0 Å². The summed E-state index contributed by atoms with van der Waals surface area (Å²) in [7, 11) is 0. The molecule has 0 aromatic heterocycles. The van der Waals surface area contributed by atoms with E-state index in [1.807, 2.05) is 78.9 Å². The Morgan fingerprint density at radius 2 is 1.35 bits per heavy atom. The van der Waals surface area contributed by atoms with Gasteiger partial charge in [0.25, 0.3) is 5.91 Å². The molecule has 1 amide bonds. The van der Waals surface area contributed by atoms with Gasteiger partial charge in [-0.2, -0.15) is 0 Å². The fourth-order valence-electron chi connectivity index (χ4n) is 4.33. The van der Waals surface area contributed by atoms with Gasteiger partial charge < -0.3 is 14.4 Å². The number of amides is 1. The smallest absolute Gasteiger partial charge is 0.333 e. The molecule has 3 atom stereocenters. The minimum atomic E-state index is -1.07. The Balaban J connectivity index is 1.35. The summed E-state index contributed by atoms with van der Waals surface area (Å²) in [6.07, 6.45) is 0. The summed E-state index contributed by atoms with van der Waals surface area (Å²) in [6, 6.07) is 33.2. The summed E-state index contributed by atoms with van der Waals surface area (Å²) in [4.78, 5) is 32.4. The van der Waals surface area contributed by atoms with E-state index in [-0.39, 0.29) is 11.8 Å². The number of benzene rings is 4. The molecule has 1 aliphatic heterocycles. The van der Waals surface area contributed by atoms with E-state index in [4.69, 9.17) is 32.7 Å². The first kappa shape index (κ1) is 27.4. The average molecular weight is 573 g/mol. The second-order valence-electron chi connectivity index (χ2n) is 9.19. The molecular formula is C32H26Cl2N2O4. The standard InChI is InChI=1S/C32H26Cl2N2O4/c33-29(25-14-8-3-9-15-25)35-27-30(34)36(31(27)37)28(32(38)40-21-23-12-6-2-7-13-23)24-16-18-26(19-17-24)39-20-22-10-4-1-5-11-22/h1-19,27-28,30H,20-21H2/b35-29-/t27-,28?,30+/m0/s1. The van der Waals surface area contributed by atoms with Gasteiger partial charge in [0.2, 0.25) is 0 Å². The van der Waals surface area contributed by atoms with Crippen molar-refractivity contribution in [3.8, 4) is 5.75 Å². The van der Waals surface area contributed by atoms with E-state index >= 15 is 0 Å². The molecule has 0 radical (unpaired) electrons. The maximum Gasteiger partial charge on any atom is 0.333 e. The van der Waals surface area contributed by atoms with E-state index in [9.17, 15) is 9.59 Å². The summed E-state index contributed by atoms with van der Waals surface area (Å²) in [6.45, 7) is 0.462. The number of carbonyl (C=O) groups is 2. The first-order chi connectivity index (χ1) is 19.5. The van der Waals surface area contributed by atoms with Crippen LogP contribution in [0.15, 0.2) is 120 Å². The number of esters is 1. The molecule has 1 aliphatic rings. The zero-order chi connectivity index (χ0) is 27.9. The highest BCUT2D eigenvalue weighted by Crippen LogP contribution is 2.38. The Morgan fingerprint density at radius 3 is 1.93 bits per heavy atom. The van der Waals surface area contributed by atoms with Crippen LogP contribution in [0.2, 0.25) is 0 Å². The van der Waals surface area contributed by atoms with E-state index < -0.39 is 29.5 Å². The molecule has 4 aromatic rings. The maximum atomic E-state index is 13.4. The van der Waals surface area contributed by atoms with Gasteiger partial charge in [0, 0.05) is 5.56 Å². The Kier molecular flexibility index (Phi) is 8.79. The normalized spacial score (nSPS) is 17.6. The van der Waals surface area contributed by atoms with Gasteiger partial charge >= 0.3 is 5.97 Å². The van der Waals surface area contributed by atoms with Crippen molar-refractivity contribution in [2.45, 2.75) is 30.8 Å². The number of alkyl halides is 1. The molecule has 1 heterocycles. The molecule has 0 aliphatic carbocycles. The summed E-state index contributed by atoms with van der Waals surface area (Å²) in [5.41, 5.74) is 2.18. The lowest BCUT2D eigenvalue weighted by molar-refractivity contribution is -0.164. The van der Waals surface area contributed by atoms with E-state index in [1.54, 1.807) is 36.4 Å². The van der Waals surface area contributed by atoms with Gasteiger partial charge in [-0.1, -0.05) is 126 Å². The van der Waals surface area contributed by atoms with Crippen LogP contribution in [-0.2, 0) is 27.5 Å². The third-order valence-electron chi connectivity index (χ3n) is 6.47. The summed E-state index contributed by atoms with van der Waals surface area (Å²) >= 11 is 13.0. The molecule has 0 bridgehead atoms. The number of likely N-dealkylation sites (tertiary alicyclic amines) is 1. The van der Waals surface area contributed by atoms with E-state index in [0.29, 0.717) is 23.5 Å². The Hall–Kier alpha value is -4.13. The molecule has 6 nitrogen and oxygen atoms in total. The predicted octanol–water partition coefficient (Wildman–Crippen LogP) is 6.51. The van der Waals surface area contributed by atoms with Crippen molar-refractivity contribution in [3.63, 3.8) is 0 Å².